The van der Waals surface area contributed by atoms with Crippen LogP contribution in [0.1, 0.15) is 30.1 Å². The van der Waals surface area contributed by atoms with Crippen molar-refractivity contribution in [2.45, 2.75) is 25.1 Å². The van der Waals surface area contributed by atoms with E-state index in [1.54, 1.807) is 12.3 Å². The van der Waals surface area contributed by atoms with E-state index in [-0.39, 0.29) is 21.5 Å². The lowest BCUT2D eigenvalue weighted by Gasteiger charge is -2.26. The fourth-order valence-corrected chi connectivity index (χ4v) is 3.38. The van der Waals surface area contributed by atoms with E-state index in [1.165, 1.54) is 0 Å². The number of pyridine rings is 2. The Balaban J connectivity index is 2.02. The summed E-state index contributed by atoms with van der Waals surface area (Å²) in [5.74, 6) is 0.221. The highest BCUT2D eigenvalue weighted by atomic mass is 79.9. The second-order valence-corrected chi connectivity index (χ2v) is 6.39. The van der Waals surface area contributed by atoms with E-state index in [0.29, 0.717) is 6.54 Å². The smallest absolute Gasteiger partial charge is 0.348 e. The molecule has 3 rings (SSSR count). The second kappa shape index (κ2) is 6.28. The maximum atomic E-state index is 13.2. The Kier molecular flexibility index (Phi) is 4.51. The molecule has 0 aliphatic carbocycles. The van der Waals surface area contributed by atoms with Crippen molar-refractivity contribution in [3.63, 3.8) is 0 Å². The normalized spacial score (nSPS) is 18.5. The van der Waals surface area contributed by atoms with Gasteiger partial charge in [-0.15, -0.1) is 0 Å². The average Bonchev–Trinajstić information content (AvgIpc) is 2.99. The third kappa shape index (κ3) is 3.30. The molecule has 2 aromatic rings. The summed E-state index contributed by atoms with van der Waals surface area (Å²) in [5.41, 5.74) is -0.00132. The molecule has 3 heterocycles. The van der Waals surface area contributed by atoms with E-state index >= 15 is 0 Å². The molecule has 1 aliphatic rings. The molecule has 0 aromatic carbocycles. The van der Waals surface area contributed by atoms with Crippen LogP contribution in [0.15, 0.2) is 34.9 Å². The molecule has 0 spiro atoms. The van der Waals surface area contributed by atoms with Crippen molar-refractivity contribution in [3.05, 3.63) is 51.3 Å². The van der Waals surface area contributed by atoms with Gasteiger partial charge in [0.2, 0.25) is 0 Å². The van der Waals surface area contributed by atoms with Gasteiger partial charge < -0.3 is 4.90 Å². The SMILES string of the molecule is FC(F)(F)c1cc(N2CCCC2c2ccccn2)nc(Cl)c1Br. The van der Waals surface area contributed by atoms with Crippen LogP contribution in [0.25, 0.3) is 0 Å². The Morgan fingerprint density at radius 1 is 1.30 bits per heavy atom. The first-order valence-corrected chi connectivity index (χ1v) is 8.16. The zero-order chi connectivity index (χ0) is 16.6. The fourth-order valence-electron chi connectivity index (χ4n) is 2.76. The lowest BCUT2D eigenvalue weighted by molar-refractivity contribution is -0.138. The number of halogens is 5. The van der Waals surface area contributed by atoms with Crippen LogP contribution in [-0.4, -0.2) is 16.5 Å². The minimum Gasteiger partial charge on any atom is -0.348 e. The largest absolute Gasteiger partial charge is 0.417 e. The number of nitrogens with zero attached hydrogens (tertiary/aromatic N) is 3. The van der Waals surface area contributed by atoms with E-state index in [2.05, 4.69) is 25.9 Å². The second-order valence-electron chi connectivity index (χ2n) is 5.24. The van der Waals surface area contributed by atoms with E-state index in [4.69, 9.17) is 11.6 Å². The van der Waals surface area contributed by atoms with Gasteiger partial charge in [-0.25, -0.2) is 4.98 Å². The molecule has 1 saturated heterocycles. The van der Waals surface area contributed by atoms with E-state index in [1.807, 2.05) is 17.0 Å². The summed E-state index contributed by atoms with van der Waals surface area (Å²) in [6.07, 6.45) is -1.15. The molecule has 0 N–H and O–H groups in total. The van der Waals surface area contributed by atoms with Gasteiger partial charge in [0.1, 0.15) is 11.0 Å². The number of alkyl halides is 3. The molecular formula is C15H12BrClF3N3. The maximum absolute atomic E-state index is 13.2. The van der Waals surface area contributed by atoms with Crippen LogP contribution in [-0.2, 0) is 6.18 Å². The summed E-state index contributed by atoms with van der Waals surface area (Å²) in [7, 11) is 0. The number of anilines is 1. The van der Waals surface area contributed by atoms with Crippen molar-refractivity contribution in [2.75, 3.05) is 11.4 Å². The van der Waals surface area contributed by atoms with Gasteiger partial charge in [0, 0.05) is 12.7 Å². The van der Waals surface area contributed by atoms with Gasteiger partial charge in [0.15, 0.2) is 0 Å². The van der Waals surface area contributed by atoms with Crippen molar-refractivity contribution in [2.24, 2.45) is 0 Å². The van der Waals surface area contributed by atoms with Crippen LogP contribution in [0, 0.1) is 0 Å². The third-order valence-corrected chi connectivity index (χ3v) is 5.09. The molecule has 23 heavy (non-hydrogen) atoms. The lowest BCUT2D eigenvalue weighted by atomic mass is 10.1. The first kappa shape index (κ1) is 16.5. The standard InChI is InChI=1S/C15H12BrClF3N3/c16-13-9(15(18,19)20)8-12(22-14(13)17)23-7-3-5-11(23)10-4-1-2-6-21-10/h1-2,4,6,8,11H,3,5,7H2. The van der Waals surface area contributed by atoms with Crippen LogP contribution in [0.4, 0.5) is 19.0 Å². The Morgan fingerprint density at radius 2 is 2.09 bits per heavy atom. The summed E-state index contributed by atoms with van der Waals surface area (Å²) in [5, 5.41) is -0.193. The maximum Gasteiger partial charge on any atom is 0.417 e. The van der Waals surface area contributed by atoms with Crippen LogP contribution in [0.2, 0.25) is 5.15 Å². The predicted octanol–water partition coefficient (Wildman–Crippen LogP) is 5.25. The minimum atomic E-state index is -4.50. The first-order chi connectivity index (χ1) is 10.9. The van der Waals surface area contributed by atoms with E-state index in [9.17, 15) is 13.2 Å². The van der Waals surface area contributed by atoms with Crippen LogP contribution in [0.5, 0.6) is 0 Å². The van der Waals surface area contributed by atoms with Crippen LogP contribution in [0.3, 0.4) is 0 Å². The lowest BCUT2D eigenvalue weighted by Crippen LogP contribution is -2.25. The summed E-state index contributed by atoms with van der Waals surface area (Å²) in [6.45, 7) is 0.615. The Labute approximate surface area is 144 Å². The number of hydrogen-bond donors (Lipinski definition) is 0. The van der Waals surface area contributed by atoms with Crippen molar-refractivity contribution >= 4 is 33.3 Å². The molecule has 122 valence electrons. The monoisotopic (exact) mass is 405 g/mol. The van der Waals surface area contributed by atoms with Crippen molar-refractivity contribution in [1.29, 1.82) is 0 Å². The average molecular weight is 407 g/mol. The topological polar surface area (TPSA) is 29.0 Å². The van der Waals surface area contributed by atoms with Gasteiger partial charge in [0.05, 0.1) is 21.8 Å². The number of aromatic nitrogens is 2. The van der Waals surface area contributed by atoms with Gasteiger partial charge >= 0.3 is 6.18 Å². The zero-order valence-corrected chi connectivity index (χ0v) is 14.2. The van der Waals surface area contributed by atoms with Crippen molar-refractivity contribution < 1.29 is 13.2 Å². The van der Waals surface area contributed by atoms with Crippen molar-refractivity contribution in [3.8, 4) is 0 Å². The molecule has 1 aliphatic heterocycles. The van der Waals surface area contributed by atoms with Crippen LogP contribution < -0.4 is 4.90 Å². The Morgan fingerprint density at radius 3 is 2.74 bits per heavy atom. The van der Waals surface area contributed by atoms with E-state index < -0.39 is 11.7 Å². The van der Waals surface area contributed by atoms with Gasteiger partial charge in [-0.3, -0.25) is 4.98 Å². The Bertz CT molecular complexity index is 709. The molecule has 8 heteroatoms. The summed E-state index contributed by atoms with van der Waals surface area (Å²) < 4.78 is 39.3. The molecule has 0 saturated carbocycles. The molecule has 1 unspecified atom stereocenters. The van der Waals surface area contributed by atoms with Gasteiger partial charge in [-0.2, -0.15) is 13.2 Å². The summed E-state index contributed by atoms with van der Waals surface area (Å²) >= 11 is 8.77. The molecule has 1 atom stereocenters. The van der Waals surface area contributed by atoms with Crippen LogP contribution >= 0.6 is 27.5 Å². The molecular weight excluding hydrogens is 395 g/mol. The third-order valence-electron chi connectivity index (χ3n) is 3.79. The summed E-state index contributed by atoms with van der Waals surface area (Å²) in [4.78, 5) is 10.3. The van der Waals surface area contributed by atoms with Gasteiger partial charge in [-0.05, 0) is 47.0 Å². The molecule has 0 amide bonds. The quantitative estimate of drug-likeness (QED) is 0.638. The summed E-state index contributed by atoms with van der Waals surface area (Å²) in [6, 6.07) is 6.48. The predicted molar refractivity (Wildman–Crippen MR) is 85.5 cm³/mol. The fraction of sp³-hybridized carbons (Fsp3) is 0.333. The Hall–Kier alpha value is -1.34. The number of hydrogen-bond acceptors (Lipinski definition) is 3. The highest BCUT2D eigenvalue weighted by molar-refractivity contribution is 9.10. The molecule has 3 nitrogen and oxygen atoms in total. The molecule has 2 aromatic heterocycles. The van der Waals surface area contributed by atoms with Crippen molar-refractivity contribution in [1.82, 2.24) is 9.97 Å². The van der Waals surface area contributed by atoms with E-state index in [0.717, 1.165) is 24.6 Å². The highest BCUT2D eigenvalue weighted by Crippen LogP contribution is 2.42. The molecule has 0 bridgehead atoms. The van der Waals surface area contributed by atoms with Gasteiger partial charge in [-0.1, -0.05) is 17.7 Å². The van der Waals surface area contributed by atoms with Gasteiger partial charge in [0.25, 0.3) is 0 Å². The minimum absolute atomic E-state index is 0.0953. The molecule has 0 radical (unpaired) electrons. The highest BCUT2D eigenvalue weighted by Gasteiger charge is 2.37. The zero-order valence-electron chi connectivity index (χ0n) is 11.8. The number of rotatable bonds is 2. The first-order valence-electron chi connectivity index (χ1n) is 6.98. The molecule has 1 fully saturated rings.